The highest BCUT2D eigenvalue weighted by atomic mass is 32.2. The van der Waals surface area contributed by atoms with Crippen molar-refractivity contribution in [1.82, 2.24) is 0 Å². The highest BCUT2D eigenvalue weighted by molar-refractivity contribution is 7.92. The van der Waals surface area contributed by atoms with Crippen LogP contribution in [0.25, 0.3) is 0 Å². The van der Waals surface area contributed by atoms with Gasteiger partial charge in [0, 0.05) is 0 Å². The Hall–Kier alpha value is -2.55. The van der Waals surface area contributed by atoms with Crippen molar-refractivity contribution in [1.29, 1.82) is 0 Å². The summed E-state index contributed by atoms with van der Waals surface area (Å²) >= 11 is 0. The molecule has 27 heavy (non-hydrogen) atoms. The van der Waals surface area contributed by atoms with Crippen LogP contribution < -0.4 is 10.1 Å². The number of carbonyl (C=O) groups excluding carboxylic acids is 1. The molecule has 0 aromatic heterocycles. The number of methoxy groups -OCH3 is 1. The van der Waals surface area contributed by atoms with E-state index in [4.69, 9.17) is 4.74 Å². The van der Waals surface area contributed by atoms with E-state index in [-0.39, 0.29) is 11.4 Å². The van der Waals surface area contributed by atoms with Crippen LogP contribution in [-0.4, -0.2) is 26.9 Å². The van der Waals surface area contributed by atoms with Gasteiger partial charge >= 0.3 is 5.51 Å². The largest absolute Gasteiger partial charge is 0.501 e. The zero-order valence-corrected chi connectivity index (χ0v) is 15.0. The van der Waals surface area contributed by atoms with Crippen LogP contribution in [0.15, 0.2) is 53.4 Å². The van der Waals surface area contributed by atoms with Crippen molar-refractivity contribution in [2.45, 2.75) is 28.7 Å². The fourth-order valence-corrected chi connectivity index (χ4v) is 3.64. The van der Waals surface area contributed by atoms with Crippen molar-refractivity contribution >= 4 is 21.4 Å². The molecule has 2 aromatic rings. The second-order valence-corrected chi connectivity index (χ2v) is 8.15. The molecular formula is C18H16F3NO4S. The zero-order chi connectivity index (χ0) is 19.9. The second kappa shape index (κ2) is 6.56. The smallest absolute Gasteiger partial charge is 0.495 e. The van der Waals surface area contributed by atoms with Gasteiger partial charge in [0.15, 0.2) is 0 Å². The van der Waals surface area contributed by atoms with Gasteiger partial charge < -0.3 is 10.1 Å². The molecular weight excluding hydrogens is 383 g/mol. The number of amides is 1. The van der Waals surface area contributed by atoms with E-state index in [1.165, 1.54) is 7.11 Å². The van der Waals surface area contributed by atoms with Crippen molar-refractivity contribution in [2.75, 3.05) is 12.4 Å². The van der Waals surface area contributed by atoms with Gasteiger partial charge in [-0.25, -0.2) is 8.42 Å². The molecule has 1 saturated carbocycles. The number of nitrogens with one attached hydrogen (secondary N) is 1. The third-order valence-corrected chi connectivity index (χ3v) is 6.03. The zero-order valence-electron chi connectivity index (χ0n) is 14.2. The lowest BCUT2D eigenvalue weighted by Crippen LogP contribution is -2.28. The maximum Gasteiger partial charge on any atom is 0.501 e. The lowest BCUT2D eigenvalue weighted by atomic mass is 9.95. The first-order valence-corrected chi connectivity index (χ1v) is 9.46. The number of rotatable bonds is 5. The van der Waals surface area contributed by atoms with Gasteiger partial charge in [0.25, 0.3) is 9.84 Å². The second-order valence-electron chi connectivity index (χ2n) is 6.21. The fraction of sp³-hybridized carbons (Fsp3) is 0.278. The van der Waals surface area contributed by atoms with Crippen LogP contribution in [-0.2, 0) is 20.0 Å². The summed E-state index contributed by atoms with van der Waals surface area (Å²) < 4.78 is 66.8. The molecule has 0 radical (unpaired) electrons. The summed E-state index contributed by atoms with van der Waals surface area (Å²) in [5.41, 5.74) is -5.55. The number of alkyl halides is 3. The summed E-state index contributed by atoms with van der Waals surface area (Å²) in [4.78, 5) is 11.8. The molecule has 0 saturated heterocycles. The maximum absolute atomic E-state index is 12.8. The van der Waals surface area contributed by atoms with Crippen LogP contribution in [0, 0.1) is 0 Å². The Balaban J connectivity index is 1.95. The van der Waals surface area contributed by atoms with E-state index < -0.39 is 31.6 Å². The molecule has 0 spiro atoms. The lowest BCUT2D eigenvalue weighted by molar-refractivity contribution is -0.118. The maximum atomic E-state index is 12.8. The van der Waals surface area contributed by atoms with Gasteiger partial charge in [0.2, 0.25) is 5.91 Å². The molecule has 1 aliphatic rings. The molecule has 0 unspecified atom stereocenters. The van der Waals surface area contributed by atoms with E-state index in [2.05, 4.69) is 5.32 Å². The molecule has 5 nitrogen and oxygen atoms in total. The van der Waals surface area contributed by atoms with Gasteiger partial charge in [-0.15, -0.1) is 0 Å². The van der Waals surface area contributed by atoms with Crippen molar-refractivity contribution < 1.29 is 31.1 Å². The van der Waals surface area contributed by atoms with Gasteiger partial charge in [0.05, 0.1) is 23.1 Å². The fourth-order valence-electron chi connectivity index (χ4n) is 2.86. The van der Waals surface area contributed by atoms with E-state index >= 15 is 0 Å². The van der Waals surface area contributed by atoms with Gasteiger partial charge in [-0.3, -0.25) is 4.79 Å². The Morgan fingerprint density at radius 1 is 1.11 bits per heavy atom. The standard InChI is InChI=1S/C18H16F3NO4S/c1-26-15-8-7-13(27(24,25)18(19,20)21)11-14(15)22-16(23)17(9-10-17)12-5-3-2-4-6-12/h2-8,11H,9-10H2,1H3,(H,22,23). The number of anilines is 1. The number of benzene rings is 2. The minimum Gasteiger partial charge on any atom is -0.495 e. The van der Waals surface area contributed by atoms with Crippen LogP contribution in [0.2, 0.25) is 0 Å². The highest BCUT2D eigenvalue weighted by Crippen LogP contribution is 2.49. The molecule has 1 amide bonds. The number of ether oxygens (including phenoxy) is 1. The SMILES string of the molecule is COc1ccc(S(=O)(=O)C(F)(F)F)cc1NC(=O)C1(c2ccccc2)CC1. The Labute approximate surface area is 154 Å². The first-order valence-electron chi connectivity index (χ1n) is 7.98. The van der Waals surface area contributed by atoms with Crippen LogP contribution in [0.4, 0.5) is 18.9 Å². The molecule has 2 aromatic carbocycles. The van der Waals surface area contributed by atoms with E-state index in [0.717, 1.165) is 23.8 Å². The molecule has 0 aliphatic heterocycles. The molecule has 0 atom stereocenters. The topological polar surface area (TPSA) is 72.5 Å². The molecule has 1 aliphatic carbocycles. The van der Waals surface area contributed by atoms with Gasteiger partial charge in [0.1, 0.15) is 5.75 Å². The quantitative estimate of drug-likeness (QED) is 0.833. The number of carbonyl (C=O) groups is 1. The average Bonchev–Trinajstić information content (AvgIpc) is 3.43. The summed E-state index contributed by atoms with van der Waals surface area (Å²) in [6.07, 6.45) is 1.18. The average molecular weight is 399 g/mol. The Morgan fingerprint density at radius 2 is 1.74 bits per heavy atom. The predicted octanol–water partition coefficient (Wildman–Crippen LogP) is 3.66. The summed E-state index contributed by atoms with van der Waals surface area (Å²) in [6.45, 7) is 0. The van der Waals surface area contributed by atoms with E-state index in [9.17, 15) is 26.4 Å². The first kappa shape index (κ1) is 19.2. The summed E-state index contributed by atoms with van der Waals surface area (Å²) in [6, 6.07) is 11.6. The van der Waals surface area contributed by atoms with Crippen LogP contribution in [0.1, 0.15) is 18.4 Å². The van der Waals surface area contributed by atoms with Crippen molar-refractivity contribution in [3.8, 4) is 5.75 Å². The monoisotopic (exact) mass is 399 g/mol. The minimum absolute atomic E-state index is 0.0633. The Kier molecular flexibility index (Phi) is 4.67. The number of halogens is 3. The molecule has 0 bridgehead atoms. The van der Waals surface area contributed by atoms with Gasteiger partial charge in [-0.1, -0.05) is 30.3 Å². The van der Waals surface area contributed by atoms with Gasteiger partial charge in [-0.05, 0) is 36.6 Å². The number of sulfone groups is 1. The normalized spacial score (nSPS) is 15.9. The molecule has 0 heterocycles. The van der Waals surface area contributed by atoms with Crippen molar-refractivity contribution in [3.05, 3.63) is 54.1 Å². The van der Waals surface area contributed by atoms with Crippen molar-refractivity contribution in [3.63, 3.8) is 0 Å². The lowest BCUT2D eigenvalue weighted by Gasteiger charge is -2.18. The predicted molar refractivity (Wildman–Crippen MR) is 92.2 cm³/mol. The molecule has 9 heteroatoms. The molecule has 1 fully saturated rings. The van der Waals surface area contributed by atoms with Crippen molar-refractivity contribution in [2.24, 2.45) is 0 Å². The summed E-state index contributed by atoms with van der Waals surface area (Å²) in [5.74, 6) is -0.359. The minimum atomic E-state index is -5.54. The number of hydrogen-bond donors (Lipinski definition) is 1. The Bertz CT molecular complexity index is 968. The van der Waals surface area contributed by atoms with Crippen LogP contribution >= 0.6 is 0 Å². The Morgan fingerprint density at radius 3 is 2.26 bits per heavy atom. The summed E-state index contributed by atoms with van der Waals surface area (Å²) in [7, 11) is -4.27. The van der Waals surface area contributed by atoms with Crippen LogP contribution in [0.3, 0.4) is 0 Å². The molecule has 144 valence electrons. The first-order chi connectivity index (χ1) is 12.6. The van der Waals surface area contributed by atoms with E-state index in [1.807, 2.05) is 6.07 Å². The number of hydrogen-bond acceptors (Lipinski definition) is 4. The molecule has 1 N–H and O–H groups in total. The third-order valence-electron chi connectivity index (χ3n) is 4.55. The van der Waals surface area contributed by atoms with Gasteiger partial charge in [-0.2, -0.15) is 13.2 Å². The molecule has 3 rings (SSSR count). The highest BCUT2D eigenvalue weighted by Gasteiger charge is 2.51. The summed E-state index contributed by atoms with van der Waals surface area (Å²) in [5, 5.41) is 2.53. The van der Waals surface area contributed by atoms with E-state index in [1.54, 1.807) is 24.3 Å². The van der Waals surface area contributed by atoms with E-state index in [0.29, 0.717) is 12.8 Å². The van der Waals surface area contributed by atoms with Crippen LogP contribution in [0.5, 0.6) is 5.75 Å². The third kappa shape index (κ3) is 3.39.